The lowest BCUT2D eigenvalue weighted by Gasteiger charge is -2.23. The number of imidazole rings is 1. The number of hydrogen-bond donors (Lipinski definition) is 1. The van der Waals surface area contributed by atoms with Gasteiger partial charge in [-0.1, -0.05) is 25.1 Å². The highest BCUT2D eigenvalue weighted by atomic mass is 19.1. The van der Waals surface area contributed by atoms with Crippen LogP contribution in [-0.4, -0.2) is 47.3 Å². The molecule has 0 atom stereocenters. The van der Waals surface area contributed by atoms with Gasteiger partial charge in [0.2, 0.25) is 0 Å². The van der Waals surface area contributed by atoms with E-state index in [2.05, 4.69) is 10.3 Å². The second-order valence-electron chi connectivity index (χ2n) is 5.71. The molecule has 2 amide bonds. The van der Waals surface area contributed by atoms with Gasteiger partial charge in [0.15, 0.2) is 0 Å². The number of ether oxygens (including phenoxy) is 1. The first-order valence-corrected chi connectivity index (χ1v) is 8.40. The first-order valence-electron chi connectivity index (χ1n) is 8.40. The van der Waals surface area contributed by atoms with Crippen LogP contribution >= 0.6 is 0 Å². The Labute approximate surface area is 147 Å². The van der Waals surface area contributed by atoms with Crippen LogP contribution in [-0.2, 0) is 17.8 Å². The smallest absolute Gasteiger partial charge is 0.317 e. The van der Waals surface area contributed by atoms with E-state index in [0.29, 0.717) is 44.2 Å². The van der Waals surface area contributed by atoms with E-state index in [0.717, 1.165) is 6.42 Å². The summed E-state index contributed by atoms with van der Waals surface area (Å²) in [5.74, 6) is 0.449. The van der Waals surface area contributed by atoms with Crippen LogP contribution in [0.3, 0.4) is 0 Å². The zero-order valence-corrected chi connectivity index (χ0v) is 14.7. The monoisotopic (exact) mass is 348 g/mol. The van der Waals surface area contributed by atoms with Crippen molar-refractivity contribution in [2.75, 3.05) is 26.8 Å². The van der Waals surface area contributed by atoms with Crippen LogP contribution in [0.1, 0.15) is 24.7 Å². The van der Waals surface area contributed by atoms with Crippen molar-refractivity contribution in [3.8, 4) is 0 Å². The second-order valence-corrected chi connectivity index (χ2v) is 5.71. The molecule has 1 heterocycles. The van der Waals surface area contributed by atoms with Crippen LogP contribution in [0.25, 0.3) is 0 Å². The van der Waals surface area contributed by atoms with Gasteiger partial charge in [-0.05, 0) is 12.5 Å². The number of halogens is 1. The molecule has 0 bridgehead atoms. The Bertz CT molecular complexity index is 675. The number of benzene rings is 1. The van der Waals surface area contributed by atoms with Crippen molar-refractivity contribution in [3.63, 3.8) is 0 Å². The van der Waals surface area contributed by atoms with Crippen molar-refractivity contribution in [1.82, 2.24) is 19.8 Å². The maximum Gasteiger partial charge on any atom is 0.317 e. The fraction of sp³-hybridized carbons (Fsp3) is 0.444. The normalized spacial score (nSPS) is 10.7. The highest BCUT2D eigenvalue weighted by molar-refractivity contribution is 5.74. The Hall–Kier alpha value is -2.41. The molecule has 1 N–H and O–H groups in total. The molecular weight excluding hydrogens is 323 g/mol. The molecule has 0 saturated carbocycles. The van der Waals surface area contributed by atoms with Gasteiger partial charge in [-0.25, -0.2) is 14.2 Å². The average molecular weight is 348 g/mol. The van der Waals surface area contributed by atoms with Gasteiger partial charge in [-0.15, -0.1) is 0 Å². The molecule has 0 spiro atoms. The van der Waals surface area contributed by atoms with Crippen LogP contribution in [0.5, 0.6) is 0 Å². The molecule has 0 radical (unpaired) electrons. The topological polar surface area (TPSA) is 59.4 Å². The van der Waals surface area contributed by atoms with Gasteiger partial charge in [-0.3, -0.25) is 0 Å². The zero-order valence-electron chi connectivity index (χ0n) is 14.7. The number of carbonyl (C=O) groups is 1. The Morgan fingerprint density at radius 3 is 2.92 bits per heavy atom. The highest BCUT2D eigenvalue weighted by Crippen LogP contribution is 2.11. The minimum Gasteiger partial charge on any atom is -0.383 e. The lowest BCUT2D eigenvalue weighted by atomic mass is 10.2. The summed E-state index contributed by atoms with van der Waals surface area (Å²) < 4.78 is 20.8. The molecule has 0 unspecified atom stereocenters. The van der Waals surface area contributed by atoms with Crippen LogP contribution in [0.4, 0.5) is 9.18 Å². The Morgan fingerprint density at radius 2 is 2.20 bits per heavy atom. The molecule has 0 aliphatic rings. The van der Waals surface area contributed by atoms with E-state index in [1.807, 2.05) is 11.5 Å². The molecule has 0 fully saturated rings. The SMILES string of the molecule is CCCNC(=O)N(CCOC)Cc1nccn1Cc1ccccc1F. The predicted octanol–water partition coefficient (Wildman–Crippen LogP) is 2.64. The van der Waals surface area contributed by atoms with Crippen molar-refractivity contribution in [2.24, 2.45) is 0 Å². The summed E-state index contributed by atoms with van der Waals surface area (Å²) in [4.78, 5) is 18.3. The maximum absolute atomic E-state index is 13.9. The third-order valence-corrected chi connectivity index (χ3v) is 3.81. The minimum atomic E-state index is -0.251. The molecule has 6 nitrogen and oxygen atoms in total. The predicted molar refractivity (Wildman–Crippen MR) is 93.7 cm³/mol. The van der Waals surface area contributed by atoms with Gasteiger partial charge < -0.3 is 19.5 Å². The maximum atomic E-state index is 13.9. The number of nitrogens with zero attached hydrogens (tertiary/aromatic N) is 3. The van der Waals surface area contributed by atoms with E-state index < -0.39 is 0 Å². The van der Waals surface area contributed by atoms with E-state index >= 15 is 0 Å². The molecule has 2 rings (SSSR count). The third-order valence-electron chi connectivity index (χ3n) is 3.81. The molecule has 1 aromatic heterocycles. The second kappa shape index (κ2) is 9.78. The molecule has 0 saturated heterocycles. The Morgan fingerprint density at radius 1 is 1.40 bits per heavy atom. The van der Waals surface area contributed by atoms with Crippen molar-refractivity contribution in [3.05, 3.63) is 53.9 Å². The van der Waals surface area contributed by atoms with Gasteiger partial charge in [0.25, 0.3) is 0 Å². The standard InChI is InChI=1S/C18H25FN4O2/c1-3-8-21-18(24)23(11-12-25-2)14-17-20-9-10-22(17)13-15-6-4-5-7-16(15)19/h4-7,9-10H,3,8,11-14H2,1-2H3,(H,21,24). The number of nitrogens with one attached hydrogen (secondary N) is 1. The molecule has 25 heavy (non-hydrogen) atoms. The number of urea groups is 1. The summed E-state index contributed by atoms with van der Waals surface area (Å²) in [5.41, 5.74) is 0.584. The largest absolute Gasteiger partial charge is 0.383 e. The summed E-state index contributed by atoms with van der Waals surface area (Å²) in [6.45, 7) is 4.22. The van der Waals surface area contributed by atoms with E-state index in [9.17, 15) is 9.18 Å². The lowest BCUT2D eigenvalue weighted by Crippen LogP contribution is -2.42. The number of rotatable bonds is 9. The van der Waals surface area contributed by atoms with Gasteiger partial charge in [0, 0.05) is 38.2 Å². The van der Waals surface area contributed by atoms with Crippen molar-refractivity contribution >= 4 is 6.03 Å². The van der Waals surface area contributed by atoms with Crippen molar-refractivity contribution < 1.29 is 13.9 Å². The molecular formula is C18H25FN4O2. The molecule has 136 valence electrons. The summed E-state index contributed by atoms with van der Waals surface area (Å²) >= 11 is 0. The fourth-order valence-corrected chi connectivity index (χ4v) is 2.41. The lowest BCUT2D eigenvalue weighted by molar-refractivity contribution is 0.145. The van der Waals surface area contributed by atoms with E-state index in [4.69, 9.17) is 4.74 Å². The van der Waals surface area contributed by atoms with Gasteiger partial charge in [0.1, 0.15) is 11.6 Å². The number of amides is 2. The Balaban J connectivity index is 2.10. The van der Waals surface area contributed by atoms with Gasteiger partial charge in [-0.2, -0.15) is 0 Å². The quantitative estimate of drug-likeness (QED) is 0.758. The summed E-state index contributed by atoms with van der Waals surface area (Å²) in [5, 5.41) is 2.87. The average Bonchev–Trinajstić information content (AvgIpc) is 3.05. The van der Waals surface area contributed by atoms with Crippen LogP contribution in [0, 0.1) is 5.82 Å². The zero-order chi connectivity index (χ0) is 18.1. The number of hydrogen-bond acceptors (Lipinski definition) is 3. The van der Waals surface area contributed by atoms with E-state index in [-0.39, 0.29) is 11.8 Å². The molecule has 0 aliphatic carbocycles. The first-order chi connectivity index (χ1) is 12.2. The summed E-state index contributed by atoms with van der Waals surface area (Å²) in [6, 6.07) is 6.50. The number of carbonyl (C=O) groups excluding carboxylic acids is 1. The van der Waals surface area contributed by atoms with Crippen molar-refractivity contribution in [1.29, 1.82) is 0 Å². The first kappa shape index (κ1) is 18.9. The van der Waals surface area contributed by atoms with Gasteiger partial charge >= 0.3 is 6.03 Å². The van der Waals surface area contributed by atoms with Gasteiger partial charge in [0.05, 0.1) is 19.7 Å². The summed E-state index contributed by atoms with van der Waals surface area (Å²) in [6.07, 6.45) is 4.32. The molecule has 0 aliphatic heterocycles. The molecule has 2 aromatic rings. The minimum absolute atomic E-state index is 0.153. The molecule has 1 aromatic carbocycles. The Kier molecular flexibility index (Phi) is 7.40. The molecule has 7 heteroatoms. The van der Waals surface area contributed by atoms with Crippen molar-refractivity contribution in [2.45, 2.75) is 26.4 Å². The van der Waals surface area contributed by atoms with E-state index in [1.165, 1.54) is 6.07 Å². The van der Waals surface area contributed by atoms with Crippen LogP contribution < -0.4 is 5.32 Å². The number of aromatic nitrogens is 2. The number of methoxy groups -OCH3 is 1. The highest BCUT2D eigenvalue weighted by Gasteiger charge is 2.16. The van der Waals surface area contributed by atoms with E-state index in [1.54, 1.807) is 42.6 Å². The van der Waals surface area contributed by atoms with Crippen LogP contribution in [0.15, 0.2) is 36.7 Å². The van der Waals surface area contributed by atoms with Crippen LogP contribution in [0.2, 0.25) is 0 Å². The third kappa shape index (κ3) is 5.56. The fourth-order valence-electron chi connectivity index (χ4n) is 2.41. The summed E-state index contributed by atoms with van der Waals surface area (Å²) in [7, 11) is 1.60.